The van der Waals surface area contributed by atoms with Gasteiger partial charge in [-0.1, -0.05) is 72.6 Å². The van der Waals surface area contributed by atoms with E-state index in [1.807, 2.05) is 49.4 Å². The molecule has 3 aliphatic carbocycles. The normalized spacial score (nSPS) is 25.3. The lowest BCUT2D eigenvalue weighted by Crippen LogP contribution is -2.56. The number of rotatable bonds is 9. The highest BCUT2D eigenvalue weighted by molar-refractivity contribution is 6.33. The van der Waals surface area contributed by atoms with Crippen molar-refractivity contribution >= 4 is 23.4 Å². The molecule has 60 heavy (non-hydrogen) atoms. The molecule has 2 amide bonds. The molecule has 0 radical (unpaired) electrons. The second kappa shape index (κ2) is 17.9. The largest absolute Gasteiger partial charge is 0.453 e. The number of carbonyl (C=O) groups is 2. The molecule has 3 N–H and O–H groups in total. The number of furan rings is 1. The van der Waals surface area contributed by atoms with Crippen LogP contribution in [0.5, 0.6) is 0 Å². The fourth-order valence-electron chi connectivity index (χ4n) is 9.50. The number of hydrogen-bond acceptors (Lipinski definition) is 6. The van der Waals surface area contributed by atoms with Crippen LogP contribution in [0, 0.1) is 5.41 Å². The highest BCUT2D eigenvalue weighted by atomic mass is 35.5. The molecule has 8 nitrogen and oxygen atoms in total. The number of alkyl halides is 3. The quantitative estimate of drug-likeness (QED) is 0.114. The number of ketones is 1. The average Bonchev–Trinajstić information content (AvgIpc) is 3.97. The molecular formula is C48H54ClF3N2O6. The summed E-state index contributed by atoms with van der Waals surface area (Å²) in [6, 6.07) is 20.5. The number of aliphatic hydroxyl groups is 2. The third-order valence-electron chi connectivity index (χ3n) is 13.1. The number of allylic oxidation sites excluding steroid dienone is 2. The van der Waals surface area contributed by atoms with Gasteiger partial charge in [0.2, 0.25) is 5.78 Å². The van der Waals surface area contributed by atoms with Crippen LogP contribution in [0.15, 0.2) is 94.9 Å². The minimum absolute atomic E-state index is 0.00336. The first kappa shape index (κ1) is 43.7. The zero-order valence-corrected chi connectivity index (χ0v) is 35.1. The van der Waals surface area contributed by atoms with E-state index in [0.717, 1.165) is 47.7 Å². The summed E-state index contributed by atoms with van der Waals surface area (Å²) in [6.45, 7) is 7.01. The van der Waals surface area contributed by atoms with Crippen LogP contribution in [-0.2, 0) is 17.3 Å². The SMILES string of the molecule is CC1=CCCC2(C)C(CCC2(O)CN(CC2CCCO2)C(=O)NC(C)c2ccccc2)c2ccc(cc2C(=O)c2ccc(-c3cc(C(F)(F)F)ccc3Cl)o2)CC(O)CC1. The van der Waals surface area contributed by atoms with E-state index in [4.69, 9.17) is 20.8 Å². The molecule has 12 heteroatoms. The maximum absolute atomic E-state index is 14.7. The number of halogens is 4. The predicted octanol–water partition coefficient (Wildman–Crippen LogP) is 10.8. The third kappa shape index (κ3) is 9.39. The second-order valence-electron chi connectivity index (χ2n) is 17.2. The fraction of sp³-hybridized carbons (Fsp3) is 0.458. The molecule has 2 bridgehead atoms. The van der Waals surface area contributed by atoms with Crippen LogP contribution in [0.2, 0.25) is 5.02 Å². The molecule has 4 aromatic rings. The lowest BCUT2D eigenvalue weighted by molar-refractivity contribution is -0.137. The highest BCUT2D eigenvalue weighted by Crippen LogP contribution is 2.59. The Morgan fingerprint density at radius 2 is 1.80 bits per heavy atom. The van der Waals surface area contributed by atoms with Crippen LogP contribution in [0.4, 0.5) is 18.0 Å². The van der Waals surface area contributed by atoms with Crippen molar-refractivity contribution in [2.45, 2.75) is 115 Å². The Balaban J connectivity index is 1.26. The molecule has 2 fully saturated rings. The van der Waals surface area contributed by atoms with Gasteiger partial charge in [-0.15, -0.1) is 0 Å². The molecule has 2 heterocycles. The summed E-state index contributed by atoms with van der Waals surface area (Å²) in [4.78, 5) is 30.6. The van der Waals surface area contributed by atoms with Gasteiger partial charge in [0.05, 0.1) is 41.0 Å². The molecule has 4 aliphatic rings. The van der Waals surface area contributed by atoms with Gasteiger partial charge in [-0.25, -0.2) is 4.79 Å². The Bertz CT molecular complexity index is 2200. The lowest BCUT2D eigenvalue weighted by Gasteiger charge is -2.46. The van der Waals surface area contributed by atoms with E-state index in [1.165, 1.54) is 12.1 Å². The number of hydrogen-bond donors (Lipinski definition) is 3. The first-order chi connectivity index (χ1) is 28.5. The summed E-state index contributed by atoms with van der Waals surface area (Å²) in [5.74, 6) is -0.900. The lowest BCUT2D eigenvalue weighted by atomic mass is 9.64. The first-order valence-electron chi connectivity index (χ1n) is 21.0. The number of benzene rings is 3. The topological polar surface area (TPSA) is 112 Å². The summed E-state index contributed by atoms with van der Waals surface area (Å²) < 4.78 is 53.0. The van der Waals surface area contributed by atoms with Gasteiger partial charge in [0.1, 0.15) is 5.76 Å². The second-order valence-corrected chi connectivity index (χ2v) is 17.6. The minimum Gasteiger partial charge on any atom is -0.453 e. The average molecular weight is 847 g/mol. The number of amides is 2. The molecule has 1 aromatic heterocycles. The van der Waals surface area contributed by atoms with Crippen LogP contribution in [0.3, 0.4) is 0 Å². The monoisotopic (exact) mass is 846 g/mol. The van der Waals surface area contributed by atoms with Gasteiger partial charge in [-0.3, -0.25) is 4.79 Å². The maximum Gasteiger partial charge on any atom is 0.416 e. The van der Waals surface area contributed by atoms with Crippen molar-refractivity contribution in [3.05, 3.63) is 129 Å². The smallest absolute Gasteiger partial charge is 0.416 e. The van der Waals surface area contributed by atoms with Crippen molar-refractivity contribution in [2.24, 2.45) is 5.41 Å². The molecule has 6 unspecified atom stereocenters. The summed E-state index contributed by atoms with van der Waals surface area (Å²) in [5.41, 5.74) is 0.733. The molecule has 1 saturated heterocycles. The Kier molecular flexibility index (Phi) is 13.0. The Morgan fingerprint density at radius 3 is 2.53 bits per heavy atom. The number of nitrogens with zero attached hydrogens (tertiary/aromatic N) is 1. The van der Waals surface area contributed by atoms with Crippen molar-refractivity contribution in [2.75, 3.05) is 19.7 Å². The van der Waals surface area contributed by atoms with Gasteiger partial charge in [0.25, 0.3) is 0 Å². The minimum atomic E-state index is -4.61. The van der Waals surface area contributed by atoms with Crippen LogP contribution in [-0.4, -0.2) is 64.4 Å². The molecule has 8 rings (SSSR count). The predicted molar refractivity (Wildman–Crippen MR) is 225 cm³/mol. The molecule has 320 valence electrons. The van der Waals surface area contributed by atoms with E-state index >= 15 is 0 Å². The van der Waals surface area contributed by atoms with Gasteiger partial charge >= 0.3 is 12.2 Å². The van der Waals surface area contributed by atoms with E-state index in [9.17, 15) is 33.0 Å². The Morgan fingerprint density at radius 1 is 1.02 bits per heavy atom. The van der Waals surface area contributed by atoms with Gasteiger partial charge in [-0.2, -0.15) is 13.2 Å². The van der Waals surface area contributed by atoms with Gasteiger partial charge in [0.15, 0.2) is 5.76 Å². The van der Waals surface area contributed by atoms with E-state index in [-0.39, 0.29) is 52.7 Å². The highest BCUT2D eigenvalue weighted by Gasteiger charge is 2.58. The molecular weight excluding hydrogens is 793 g/mol. The number of nitrogens with one attached hydrogen (secondary N) is 1. The molecule has 6 atom stereocenters. The van der Waals surface area contributed by atoms with Crippen molar-refractivity contribution in [1.82, 2.24) is 10.2 Å². The van der Waals surface area contributed by atoms with Crippen LogP contribution < -0.4 is 5.32 Å². The van der Waals surface area contributed by atoms with Crippen LogP contribution in [0.25, 0.3) is 11.3 Å². The van der Waals surface area contributed by atoms with Gasteiger partial charge < -0.3 is 29.6 Å². The fourth-order valence-corrected chi connectivity index (χ4v) is 9.71. The van der Waals surface area contributed by atoms with E-state index in [0.29, 0.717) is 69.2 Å². The third-order valence-corrected chi connectivity index (χ3v) is 13.5. The zero-order valence-electron chi connectivity index (χ0n) is 34.4. The van der Waals surface area contributed by atoms with Gasteiger partial charge in [-0.05, 0) is 131 Å². The van der Waals surface area contributed by atoms with Crippen molar-refractivity contribution < 1.29 is 42.1 Å². The molecule has 1 saturated carbocycles. The standard InChI is InChI=1S/C48H54ClF3N2O6/c1-30-9-7-22-46(3)40(21-23-47(46,58)29-54(28-36-12-8-24-59-36)45(57)53-31(2)33-10-5-4-6-11-33)37-17-14-32(25-35(55)16-13-30)26-38(37)44(56)43-20-19-42(60-43)39-27-34(48(50,51)52)15-18-41(39)49/h4-6,9-11,14-15,17-20,26-27,31,35-36,40,55,58H,7-8,12-13,16,21-25,28-29H2,1-3H3,(H,53,57). The van der Waals surface area contributed by atoms with Crippen LogP contribution >= 0.6 is 11.6 Å². The number of ether oxygens (including phenoxy) is 1. The molecule has 0 spiro atoms. The van der Waals surface area contributed by atoms with Crippen molar-refractivity contribution in [3.63, 3.8) is 0 Å². The zero-order chi connectivity index (χ0) is 42.8. The Labute approximate surface area is 354 Å². The van der Waals surface area contributed by atoms with Crippen molar-refractivity contribution in [1.29, 1.82) is 0 Å². The van der Waals surface area contributed by atoms with E-state index in [2.05, 4.69) is 25.2 Å². The molecule has 3 aromatic carbocycles. The number of aliphatic hydroxyl groups excluding tert-OH is 1. The first-order valence-corrected chi connectivity index (χ1v) is 21.3. The summed E-state index contributed by atoms with van der Waals surface area (Å²) >= 11 is 6.35. The van der Waals surface area contributed by atoms with Crippen molar-refractivity contribution in [3.8, 4) is 11.3 Å². The maximum atomic E-state index is 14.7. The summed E-state index contributed by atoms with van der Waals surface area (Å²) in [5, 5.41) is 27.4. The van der Waals surface area contributed by atoms with E-state index < -0.39 is 34.6 Å². The van der Waals surface area contributed by atoms with Gasteiger partial charge in [0, 0.05) is 29.7 Å². The summed E-state index contributed by atoms with van der Waals surface area (Å²) in [7, 11) is 0. The number of fused-ring (bicyclic) bond motifs is 8. The number of urea groups is 1. The van der Waals surface area contributed by atoms with Crippen LogP contribution in [0.1, 0.15) is 122 Å². The number of carbonyl (C=O) groups excluding carboxylic acids is 2. The Hall–Kier alpha value is -4.42. The molecule has 1 aliphatic heterocycles. The summed E-state index contributed by atoms with van der Waals surface area (Å²) in [6.07, 6.45) is 1.96. The van der Waals surface area contributed by atoms with E-state index in [1.54, 1.807) is 11.0 Å².